The van der Waals surface area contributed by atoms with Crippen molar-refractivity contribution in [1.29, 1.82) is 0 Å². The van der Waals surface area contributed by atoms with Crippen LogP contribution in [0.2, 0.25) is 0 Å². The molecule has 0 aliphatic heterocycles. The predicted octanol–water partition coefficient (Wildman–Crippen LogP) is 5.24. The molecule has 0 unspecified atom stereocenters. The molecule has 0 aliphatic rings. The summed E-state index contributed by atoms with van der Waals surface area (Å²) in [6.45, 7) is 1.89. The van der Waals surface area contributed by atoms with E-state index in [9.17, 15) is 14.7 Å². The maximum atomic E-state index is 15.2. The molecule has 4 aromatic heterocycles. The summed E-state index contributed by atoms with van der Waals surface area (Å²) in [4.78, 5) is 41.6. The number of benzene rings is 2. The van der Waals surface area contributed by atoms with Crippen LogP contribution < -0.4 is 20.5 Å². The molecule has 0 saturated carbocycles. The molecule has 0 fully saturated rings. The average molecular weight is 585 g/mol. The van der Waals surface area contributed by atoms with E-state index in [1.807, 2.05) is 19.1 Å². The third-order valence-corrected chi connectivity index (χ3v) is 7.61. The van der Waals surface area contributed by atoms with Gasteiger partial charge in [0.1, 0.15) is 27.3 Å². The maximum Gasteiger partial charge on any atom is 0.271 e. The first-order valence-electron chi connectivity index (χ1n) is 13.0. The summed E-state index contributed by atoms with van der Waals surface area (Å²) < 4.78 is 22.4. The first-order valence-corrected chi connectivity index (χ1v) is 13.9. The molecule has 0 atom stereocenters. The van der Waals surface area contributed by atoms with Gasteiger partial charge in [0.25, 0.3) is 11.5 Å². The number of aliphatic hydroxyl groups excluding tert-OH is 1. The van der Waals surface area contributed by atoms with Crippen molar-refractivity contribution in [2.45, 2.75) is 6.92 Å². The van der Waals surface area contributed by atoms with Crippen LogP contribution in [-0.4, -0.2) is 50.7 Å². The van der Waals surface area contributed by atoms with Crippen LogP contribution in [0.15, 0.2) is 77.3 Å². The number of ether oxygens (including phenoxy) is 1. The Kier molecular flexibility index (Phi) is 7.15. The van der Waals surface area contributed by atoms with E-state index in [0.717, 1.165) is 11.6 Å². The first-order chi connectivity index (χ1) is 20.4. The van der Waals surface area contributed by atoms with E-state index >= 15 is 4.39 Å². The number of likely N-dealkylation sites (N-methyl/N-ethyl adjacent to an activating group) is 1. The lowest BCUT2D eigenvalue weighted by molar-refractivity contribution is 0.102. The molecule has 0 bridgehead atoms. The normalized spacial score (nSPS) is 11.2. The number of nitrogens with one attached hydrogen (secondary N) is 2. The Morgan fingerprint density at radius 3 is 2.71 bits per heavy atom. The van der Waals surface area contributed by atoms with E-state index in [1.54, 1.807) is 54.1 Å². The van der Waals surface area contributed by atoms with E-state index in [-0.39, 0.29) is 35.8 Å². The van der Waals surface area contributed by atoms with Gasteiger partial charge in [-0.15, -0.1) is 11.3 Å². The minimum atomic E-state index is -0.744. The number of carbonyl (C=O) groups is 1. The SMILES string of the molecule is Cc1ccc(-n2c(=O)c(C(=O)Nc3ccc(Oc4ccnc5[nH]ccc45)c(F)c3)c(N(C)CCO)c3ncsc32)cc1. The standard InChI is InChI=1S/C30H25FN6O4S/c1-17-3-6-19(7-4-17)37-29(40)24(26(36(2)13-14-38)25-30(37)42-16-34-25)28(39)35-18-5-8-23(21(31)15-18)41-22-10-12-33-27-20(22)9-11-32-27/h3-12,15-16,38H,13-14H2,1-2H3,(H,32,33)(H,35,39). The van der Waals surface area contributed by atoms with E-state index in [4.69, 9.17) is 4.74 Å². The van der Waals surface area contributed by atoms with Crippen LogP contribution in [0.5, 0.6) is 11.5 Å². The molecule has 0 spiro atoms. The van der Waals surface area contributed by atoms with Crippen molar-refractivity contribution in [2.24, 2.45) is 0 Å². The highest BCUT2D eigenvalue weighted by atomic mass is 32.1. The highest BCUT2D eigenvalue weighted by Gasteiger charge is 2.27. The third-order valence-electron chi connectivity index (χ3n) is 6.80. The molecule has 42 heavy (non-hydrogen) atoms. The van der Waals surface area contributed by atoms with Gasteiger partial charge < -0.3 is 25.0 Å². The van der Waals surface area contributed by atoms with Crippen LogP contribution in [-0.2, 0) is 0 Å². The number of hydrogen-bond acceptors (Lipinski definition) is 8. The lowest BCUT2D eigenvalue weighted by Gasteiger charge is -2.23. The molecule has 0 aliphatic carbocycles. The number of thiazole rings is 1. The highest BCUT2D eigenvalue weighted by Crippen LogP contribution is 2.33. The quantitative estimate of drug-likeness (QED) is 0.223. The van der Waals surface area contributed by atoms with Crippen LogP contribution >= 0.6 is 11.3 Å². The van der Waals surface area contributed by atoms with E-state index in [1.165, 1.54) is 28.0 Å². The number of aromatic nitrogens is 4. The van der Waals surface area contributed by atoms with Crippen LogP contribution in [0.4, 0.5) is 15.8 Å². The van der Waals surface area contributed by atoms with E-state index in [0.29, 0.717) is 32.8 Å². The predicted molar refractivity (Wildman–Crippen MR) is 161 cm³/mol. The van der Waals surface area contributed by atoms with Gasteiger partial charge in [-0.25, -0.2) is 14.4 Å². The number of rotatable bonds is 8. The molecular formula is C30H25FN6O4S. The first kappa shape index (κ1) is 27.1. The summed E-state index contributed by atoms with van der Waals surface area (Å²) in [6.07, 6.45) is 3.26. The number of aliphatic hydroxyl groups is 1. The Morgan fingerprint density at radius 1 is 1.14 bits per heavy atom. The van der Waals surface area contributed by atoms with Gasteiger partial charge in [0.05, 0.1) is 28.9 Å². The zero-order valence-corrected chi connectivity index (χ0v) is 23.4. The number of anilines is 2. The second-order valence-electron chi connectivity index (χ2n) is 9.60. The number of fused-ring (bicyclic) bond motifs is 2. The van der Waals surface area contributed by atoms with Crippen molar-refractivity contribution in [2.75, 3.05) is 30.4 Å². The van der Waals surface area contributed by atoms with Crippen molar-refractivity contribution >= 4 is 50.0 Å². The molecule has 10 nitrogen and oxygen atoms in total. The van der Waals surface area contributed by atoms with Crippen molar-refractivity contribution in [3.63, 3.8) is 0 Å². The number of H-pyrrole nitrogens is 1. The molecule has 12 heteroatoms. The Morgan fingerprint density at radius 2 is 1.95 bits per heavy atom. The molecule has 3 N–H and O–H groups in total. The number of halogens is 1. The number of pyridine rings is 2. The molecule has 212 valence electrons. The Balaban J connectivity index is 1.39. The van der Waals surface area contributed by atoms with Crippen molar-refractivity contribution in [3.05, 3.63) is 99.8 Å². The molecule has 6 aromatic rings. The van der Waals surface area contributed by atoms with Crippen LogP contribution in [0.3, 0.4) is 0 Å². The van der Waals surface area contributed by atoms with E-state index in [2.05, 4.69) is 20.3 Å². The highest BCUT2D eigenvalue weighted by molar-refractivity contribution is 7.16. The minimum Gasteiger partial charge on any atom is -0.453 e. The fraction of sp³-hybridized carbons (Fsp3) is 0.133. The molecule has 1 amide bonds. The largest absolute Gasteiger partial charge is 0.453 e. The molecule has 2 aromatic carbocycles. The molecule has 6 rings (SSSR count). The number of aryl methyl sites for hydroxylation is 1. The summed E-state index contributed by atoms with van der Waals surface area (Å²) in [6, 6.07) is 14.8. The fourth-order valence-corrected chi connectivity index (χ4v) is 5.56. The summed E-state index contributed by atoms with van der Waals surface area (Å²) in [5.74, 6) is -1.08. The molecule has 4 heterocycles. The smallest absolute Gasteiger partial charge is 0.271 e. The van der Waals surface area contributed by atoms with Crippen molar-refractivity contribution in [1.82, 2.24) is 19.5 Å². The summed E-state index contributed by atoms with van der Waals surface area (Å²) in [5.41, 5.74) is 3.88. The number of hydrogen-bond donors (Lipinski definition) is 3. The zero-order chi connectivity index (χ0) is 29.4. The molecule has 0 saturated heterocycles. The Bertz CT molecular complexity index is 2000. The van der Waals surface area contributed by atoms with Crippen LogP contribution in [0, 0.1) is 12.7 Å². The minimum absolute atomic E-state index is 0.0457. The summed E-state index contributed by atoms with van der Waals surface area (Å²) >= 11 is 1.27. The zero-order valence-electron chi connectivity index (χ0n) is 22.6. The summed E-state index contributed by atoms with van der Waals surface area (Å²) in [5, 5.41) is 13.0. The lowest BCUT2D eigenvalue weighted by atomic mass is 10.1. The lowest BCUT2D eigenvalue weighted by Crippen LogP contribution is -2.34. The number of nitrogens with zero attached hydrogens (tertiary/aromatic N) is 4. The molecular weight excluding hydrogens is 559 g/mol. The third kappa shape index (κ3) is 4.86. The number of amides is 1. The van der Waals surface area contributed by atoms with E-state index < -0.39 is 17.3 Å². The van der Waals surface area contributed by atoms with Gasteiger partial charge in [0.2, 0.25) is 0 Å². The molecule has 0 radical (unpaired) electrons. The topological polar surface area (TPSA) is 125 Å². The monoisotopic (exact) mass is 584 g/mol. The fourth-order valence-electron chi connectivity index (χ4n) is 4.75. The van der Waals surface area contributed by atoms with Crippen molar-refractivity contribution in [3.8, 4) is 17.2 Å². The van der Waals surface area contributed by atoms with Crippen LogP contribution in [0.1, 0.15) is 15.9 Å². The van der Waals surface area contributed by atoms with Gasteiger partial charge in [0, 0.05) is 37.7 Å². The second-order valence-corrected chi connectivity index (χ2v) is 10.4. The second kappa shape index (κ2) is 11.1. The number of carbonyl (C=O) groups excluding carboxylic acids is 1. The van der Waals surface area contributed by atoms with Gasteiger partial charge in [-0.05, 0) is 43.3 Å². The maximum absolute atomic E-state index is 15.2. The van der Waals surface area contributed by atoms with Gasteiger partial charge in [0.15, 0.2) is 11.6 Å². The summed E-state index contributed by atoms with van der Waals surface area (Å²) in [7, 11) is 1.67. The van der Waals surface area contributed by atoms with Gasteiger partial charge in [-0.2, -0.15) is 0 Å². The van der Waals surface area contributed by atoms with Gasteiger partial charge in [-0.1, -0.05) is 17.7 Å². The number of aromatic amines is 1. The Labute approximate surface area is 242 Å². The Hall–Kier alpha value is -5.07. The van der Waals surface area contributed by atoms with Gasteiger partial charge in [-0.3, -0.25) is 14.2 Å². The van der Waals surface area contributed by atoms with Crippen LogP contribution in [0.25, 0.3) is 27.1 Å². The van der Waals surface area contributed by atoms with Crippen molar-refractivity contribution < 1.29 is 19.0 Å². The average Bonchev–Trinajstić information content (AvgIpc) is 3.65. The van der Waals surface area contributed by atoms with Gasteiger partial charge >= 0.3 is 0 Å².